The van der Waals surface area contributed by atoms with E-state index in [4.69, 9.17) is 20.9 Å². The highest BCUT2D eigenvalue weighted by Crippen LogP contribution is 2.26. The number of nitrogens with two attached hydrogens (primary N) is 2. The van der Waals surface area contributed by atoms with Crippen molar-refractivity contribution in [2.75, 3.05) is 13.2 Å². The Labute approximate surface area is 126 Å². The van der Waals surface area contributed by atoms with Gasteiger partial charge in [-0.25, -0.2) is 0 Å². The molecular weight excluding hydrogens is 268 g/mol. The van der Waals surface area contributed by atoms with Crippen molar-refractivity contribution >= 4 is 5.91 Å². The lowest BCUT2D eigenvalue weighted by Gasteiger charge is -2.16. The first-order valence-electron chi connectivity index (χ1n) is 7.37. The molecule has 5 nitrogen and oxygen atoms in total. The summed E-state index contributed by atoms with van der Waals surface area (Å²) in [6, 6.07) is 5.75. The lowest BCUT2D eigenvalue weighted by atomic mass is 10.1. The van der Waals surface area contributed by atoms with Crippen LogP contribution in [0.5, 0.6) is 11.5 Å². The van der Waals surface area contributed by atoms with Gasteiger partial charge in [0.05, 0.1) is 19.1 Å². The summed E-state index contributed by atoms with van der Waals surface area (Å²) < 4.78 is 11.4. The van der Waals surface area contributed by atoms with Crippen LogP contribution in [0.2, 0.25) is 0 Å². The van der Waals surface area contributed by atoms with E-state index in [-0.39, 0.29) is 24.5 Å². The first-order chi connectivity index (χ1) is 9.93. The smallest absolute Gasteiger partial charge is 0.223 e. The zero-order valence-electron chi connectivity index (χ0n) is 13.1. The molecule has 0 aliphatic heterocycles. The fourth-order valence-electron chi connectivity index (χ4n) is 1.79. The number of hydrogen-bond donors (Lipinski definition) is 2. The number of rotatable bonds is 9. The van der Waals surface area contributed by atoms with E-state index in [2.05, 4.69) is 6.92 Å². The minimum atomic E-state index is -0.373. The van der Waals surface area contributed by atoms with Crippen molar-refractivity contribution in [1.82, 2.24) is 0 Å². The average molecular weight is 294 g/mol. The summed E-state index contributed by atoms with van der Waals surface area (Å²) in [5, 5.41) is 0. The molecule has 0 radical (unpaired) electrons. The van der Waals surface area contributed by atoms with Crippen molar-refractivity contribution in [1.29, 1.82) is 0 Å². The third kappa shape index (κ3) is 6.04. The molecule has 0 fully saturated rings. The van der Waals surface area contributed by atoms with Crippen molar-refractivity contribution in [3.63, 3.8) is 0 Å². The van der Waals surface area contributed by atoms with Crippen molar-refractivity contribution in [3.8, 4) is 11.5 Å². The molecule has 0 bridgehead atoms. The topological polar surface area (TPSA) is 87.6 Å². The highest BCUT2D eigenvalue weighted by atomic mass is 16.5. The van der Waals surface area contributed by atoms with E-state index in [1.54, 1.807) is 6.92 Å². The Balaban J connectivity index is 2.85. The first kappa shape index (κ1) is 17.3. The maximum absolute atomic E-state index is 11.1. The van der Waals surface area contributed by atoms with Gasteiger partial charge in [-0.05, 0) is 31.4 Å². The monoisotopic (exact) mass is 294 g/mol. The molecule has 2 unspecified atom stereocenters. The minimum Gasteiger partial charge on any atom is -0.493 e. The van der Waals surface area contributed by atoms with Crippen molar-refractivity contribution in [2.24, 2.45) is 17.4 Å². The van der Waals surface area contributed by atoms with E-state index >= 15 is 0 Å². The summed E-state index contributed by atoms with van der Waals surface area (Å²) in [7, 11) is 0. The summed E-state index contributed by atoms with van der Waals surface area (Å²) in [5.74, 6) is 0.747. The van der Waals surface area contributed by atoms with Crippen LogP contribution in [0.1, 0.15) is 32.8 Å². The van der Waals surface area contributed by atoms with E-state index in [0.29, 0.717) is 18.8 Å². The molecule has 0 aliphatic rings. The predicted molar refractivity (Wildman–Crippen MR) is 83.4 cm³/mol. The molecule has 0 saturated heterocycles. The molecule has 4 N–H and O–H groups in total. The summed E-state index contributed by atoms with van der Waals surface area (Å²) in [6.45, 7) is 6.64. The van der Waals surface area contributed by atoms with Gasteiger partial charge in [0.15, 0.2) is 0 Å². The predicted octanol–water partition coefficient (Wildman–Crippen LogP) is 1.87. The number of primary amides is 1. The van der Waals surface area contributed by atoms with Crippen molar-refractivity contribution in [3.05, 3.63) is 23.8 Å². The van der Waals surface area contributed by atoms with Gasteiger partial charge in [-0.15, -0.1) is 0 Å². The van der Waals surface area contributed by atoms with Gasteiger partial charge in [-0.1, -0.05) is 19.9 Å². The first-order valence-corrected chi connectivity index (χ1v) is 7.37. The molecule has 1 rings (SSSR count). The Bertz CT molecular complexity index is 461. The number of carbonyl (C=O) groups is 1. The maximum atomic E-state index is 11.1. The van der Waals surface area contributed by atoms with Gasteiger partial charge in [-0.2, -0.15) is 0 Å². The van der Waals surface area contributed by atoms with Gasteiger partial charge in [0.1, 0.15) is 11.5 Å². The summed E-state index contributed by atoms with van der Waals surface area (Å²) in [5.41, 5.74) is 12.1. The Morgan fingerprint density at radius 1 is 1.29 bits per heavy atom. The third-order valence-corrected chi connectivity index (χ3v) is 3.03. The molecule has 5 heteroatoms. The van der Waals surface area contributed by atoms with Crippen LogP contribution in [0.25, 0.3) is 0 Å². The van der Waals surface area contributed by atoms with Gasteiger partial charge in [0.25, 0.3) is 0 Å². The zero-order chi connectivity index (χ0) is 15.8. The minimum absolute atomic E-state index is 0.0309. The zero-order valence-corrected chi connectivity index (χ0v) is 13.1. The van der Waals surface area contributed by atoms with Gasteiger partial charge in [0.2, 0.25) is 5.91 Å². The van der Waals surface area contributed by atoms with Crippen LogP contribution in [-0.2, 0) is 11.2 Å². The molecule has 2 atom stereocenters. The number of ether oxygens (including phenoxy) is 2. The normalized spacial score (nSPS) is 13.5. The van der Waals surface area contributed by atoms with Crippen LogP contribution in [0, 0.1) is 5.92 Å². The van der Waals surface area contributed by atoms with Crippen molar-refractivity contribution in [2.45, 2.75) is 39.7 Å². The molecule has 0 saturated carbocycles. The summed E-state index contributed by atoms with van der Waals surface area (Å²) in [6.07, 6.45) is 1.64. The fourth-order valence-corrected chi connectivity index (χ4v) is 1.79. The fraction of sp³-hybridized carbons (Fsp3) is 0.562. The van der Waals surface area contributed by atoms with Gasteiger partial charge < -0.3 is 20.9 Å². The Kier molecular flexibility index (Phi) is 7.02. The van der Waals surface area contributed by atoms with Gasteiger partial charge >= 0.3 is 0 Å². The van der Waals surface area contributed by atoms with Crippen LogP contribution in [-0.4, -0.2) is 25.2 Å². The van der Waals surface area contributed by atoms with Crippen LogP contribution >= 0.6 is 0 Å². The number of benzene rings is 1. The Morgan fingerprint density at radius 3 is 2.57 bits per heavy atom. The van der Waals surface area contributed by atoms with Crippen LogP contribution in [0.3, 0.4) is 0 Å². The quantitative estimate of drug-likeness (QED) is 0.727. The second kappa shape index (κ2) is 8.52. The molecule has 118 valence electrons. The molecule has 0 aliphatic carbocycles. The number of amides is 1. The number of hydrogen-bond acceptors (Lipinski definition) is 4. The summed E-state index contributed by atoms with van der Waals surface area (Å²) >= 11 is 0. The maximum Gasteiger partial charge on any atom is 0.223 e. The molecule has 0 aromatic heterocycles. The van der Waals surface area contributed by atoms with E-state index in [1.807, 2.05) is 25.1 Å². The van der Waals surface area contributed by atoms with Crippen LogP contribution in [0.4, 0.5) is 0 Å². The molecule has 1 amide bonds. The van der Waals surface area contributed by atoms with Gasteiger partial charge in [-0.3, -0.25) is 4.79 Å². The van der Waals surface area contributed by atoms with Crippen molar-refractivity contribution < 1.29 is 14.3 Å². The second-order valence-electron chi connectivity index (χ2n) is 5.41. The van der Waals surface area contributed by atoms with E-state index < -0.39 is 0 Å². The lowest BCUT2D eigenvalue weighted by molar-refractivity contribution is -0.122. The molecule has 21 heavy (non-hydrogen) atoms. The lowest BCUT2D eigenvalue weighted by Crippen LogP contribution is -2.26. The second-order valence-corrected chi connectivity index (χ2v) is 5.41. The largest absolute Gasteiger partial charge is 0.493 e. The SMILES string of the molecule is CCCOc1ccc(CC(C)N)c(OCC(C)C(N)=O)c1. The van der Waals surface area contributed by atoms with E-state index in [1.165, 1.54) is 0 Å². The molecular formula is C16H26N2O3. The highest BCUT2D eigenvalue weighted by molar-refractivity contribution is 5.76. The third-order valence-electron chi connectivity index (χ3n) is 3.03. The summed E-state index contributed by atoms with van der Waals surface area (Å²) in [4.78, 5) is 11.1. The standard InChI is InChI=1S/C16H26N2O3/c1-4-7-20-14-6-5-13(8-12(3)17)15(9-14)21-10-11(2)16(18)19/h5-6,9,11-12H,4,7-8,10,17H2,1-3H3,(H2,18,19). The van der Waals surface area contributed by atoms with E-state index in [9.17, 15) is 4.79 Å². The number of carbonyl (C=O) groups excluding carboxylic acids is 1. The Hall–Kier alpha value is -1.75. The molecule has 1 aromatic rings. The average Bonchev–Trinajstić information content (AvgIpc) is 2.43. The Morgan fingerprint density at radius 2 is 2.00 bits per heavy atom. The molecule has 1 aromatic carbocycles. The van der Waals surface area contributed by atoms with Crippen LogP contribution in [0.15, 0.2) is 18.2 Å². The molecule has 0 heterocycles. The molecule has 0 spiro atoms. The van der Waals surface area contributed by atoms with E-state index in [0.717, 1.165) is 17.7 Å². The van der Waals surface area contributed by atoms with Gasteiger partial charge in [0, 0.05) is 12.1 Å². The highest BCUT2D eigenvalue weighted by Gasteiger charge is 2.13. The van der Waals surface area contributed by atoms with Crippen LogP contribution < -0.4 is 20.9 Å².